The average molecular weight is 304 g/mol. The molecule has 0 fully saturated rings. The van der Waals surface area contributed by atoms with Crippen molar-refractivity contribution in [2.45, 2.75) is 0 Å². The third-order valence-electron chi connectivity index (χ3n) is 3.30. The number of nitrogens with two attached hydrogens (primary N) is 1. The number of aliphatic imine (C=N–C) groups is 1. The monoisotopic (exact) mass is 304 g/mol. The standard InChI is InChI=1S/C18H16N4O/c19-15-10-16(20)18(22-13-7-4-8-14(23)9-13)11-17(15)21-12-5-2-1-3-6-12/h1-11,20,22-23H,19H2/b20-16?,21-17-. The summed E-state index contributed by atoms with van der Waals surface area (Å²) in [6.45, 7) is 0. The van der Waals surface area contributed by atoms with Crippen LogP contribution in [0.2, 0.25) is 0 Å². The molecule has 0 radical (unpaired) electrons. The smallest absolute Gasteiger partial charge is 0.117 e. The molecule has 0 bridgehead atoms. The Labute approximate surface area is 134 Å². The van der Waals surface area contributed by atoms with E-state index in [-0.39, 0.29) is 11.5 Å². The summed E-state index contributed by atoms with van der Waals surface area (Å²) in [5.74, 6) is 0.158. The Hall–Kier alpha value is -3.34. The molecule has 0 saturated carbocycles. The second-order valence-electron chi connectivity index (χ2n) is 5.08. The average Bonchev–Trinajstić information content (AvgIpc) is 2.53. The fraction of sp³-hybridized carbons (Fsp3) is 0. The van der Waals surface area contributed by atoms with Gasteiger partial charge >= 0.3 is 0 Å². The number of rotatable bonds is 3. The van der Waals surface area contributed by atoms with E-state index < -0.39 is 0 Å². The van der Waals surface area contributed by atoms with Crippen LogP contribution in [0.25, 0.3) is 0 Å². The predicted molar refractivity (Wildman–Crippen MR) is 93.3 cm³/mol. The van der Waals surface area contributed by atoms with Crippen molar-refractivity contribution < 1.29 is 5.11 Å². The highest BCUT2D eigenvalue weighted by Crippen LogP contribution is 2.20. The molecule has 5 nitrogen and oxygen atoms in total. The van der Waals surface area contributed by atoms with Crippen molar-refractivity contribution in [1.82, 2.24) is 0 Å². The summed E-state index contributed by atoms with van der Waals surface area (Å²) in [5, 5.41) is 20.7. The van der Waals surface area contributed by atoms with Gasteiger partial charge in [0.25, 0.3) is 0 Å². The largest absolute Gasteiger partial charge is 0.508 e. The van der Waals surface area contributed by atoms with E-state index in [1.54, 1.807) is 30.4 Å². The topological polar surface area (TPSA) is 94.5 Å². The van der Waals surface area contributed by atoms with Gasteiger partial charge in [-0.2, -0.15) is 0 Å². The van der Waals surface area contributed by atoms with E-state index in [0.29, 0.717) is 22.8 Å². The molecule has 0 aromatic heterocycles. The molecule has 1 aliphatic carbocycles. The molecule has 23 heavy (non-hydrogen) atoms. The first-order valence-electron chi connectivity index (χ1n) is 7.10. The molecule has 0 unspecified atom stereocenters. The van der Waals surface area contributed by atoms with Gasteiger partial charge in [0, 0.05) is 11.8 Å². The van der Waals surface area contributed by atoms with Gasteiger partial charge in [0.1, 0.15) is 5.75 Å². The van der Waals surface area contributed by atoms with Gasteiger partial charge in [0.05, 0.1) is 28.5 Å². The number of nitrogens with one attached hydrogen (secondary N) is 2. The van der Waals surface area contributed by atoms with Crippen molar-refractivity contribution in [3.05, 3.63) is 78.1 Å². The first kappa shape index (κ1) is 14.6. The number of allylic oxidation sites excluding steroid dienone is 2. The molecule has 5 heteroatoms. The highest BCUT2D eigenvalue weighted by molar-refractivity contribution is 6.23. The van der Waals surface area contributed by atoms with Crippen molar-refractivity contribution in [2.75, 3.05) is 5.32 Å². The number of nitrogens with zero attached hydrogens (tertiary/aromatic N) is 1. The molecule has 3 rings (SSSR count). The van der Waals surface area contributed by atoms with Gasteiger partial charge in [-0.25, -0.2) is 4.99 Å². The van der Waals surface area contributed by atoms with E-state index in [2.05, 4.69) is 10.3 Å². The quantitative estimate of drug-likeness (QED) is 0.655. The molecule has 5 N–H and O–H groups in total. The zero-order valence-corrected chi connectivity index (χ0v) is 12.3. The number of hydrogen-bond donors (Lipinski definition) is 4. The lowest BCUT2D eigenvalue weighted by Crippen LogP contribution is -2.21. The number of phenols is 1. The highest BCUT2D eigenvalue weighted by Gasteiger charge is 2.14. The van der Waals surface area contributed by atoms with E-state index in [1.165, 1.54) is 0 Å². The molecule has 0 saturated heterocycles. The fourth-order valence-electron chi connectivity index (χ4n) is 2.19. The zero-order valence-electron chi connectivity index (χ0n) is 12.3. The van der Waals surface area contributed by atoms with Crippen molar-refractivity contribution in [1.29, 1.82) is 5.41 Å². The van der Waals surface area contributed by atoms with Gasteiger partial charge in [0.15, 0.2) is 0 Å². The van der Waals surface area contributed by atoms with Crippen LogP contribution in [0.3, 0.4) is 0 Å². The lowest BCUT2D eigenvalue weighted by atomic mass is 10.0. The Kier molecular flexibility index (Phi) is 3.93. The third-order valence-corrected chi connectivity index (χ3v) is 3.30. The molecule has 114 valence electrons. The maximum absolute atomic E-state index is 9.53. The molecular weight excluding hydrogens is 288 g/mol. The third kappa shape index (κ3) is 3.47. The number of hydrogen-bond acceptors (Lipinski definition) is 5. The molecule has 0 spiro atoms. The molecule has 2 aromatic carbocycles. The van der Waals surface area contributed by atoms with Crippen molar-refractivity contribution >= 4 is 22.8 Å². The van der Waals surface area contributed by atoms with Crippen LogP contribution in [0, 0.1) is 5.41 Å². The van der Waals surface area contributed by atoms with Gasteiger partial charge in [0.2, 0.25) is 0 Å². The van der Waals surface area contributed by atoms with Gasteiger partial charge in [-0.15, -0.1) is 0 Å². The van der Waals surface area contributed by atoms with E-state index in [4.69, 9.17) is 11.1 Å². The molecule has 2 aromatic rings. The zero-order chi connectivity index (χ0) is 16.2. The van der Waals surface area contributed by atoms with Gasteiger partial charge in [-0.3, -0.25) is 5.41 Å². The lowest BCUT2D eigenvalue weighted by molar-refractivity contribution is 0.475. The van der Waals surface area contributed by atoms with Gasteiger partial charge in [-0.05, 0) is 36.4 Å². The lowest BCUT2D eigenvalue weighted by Gasteiger charge is -2.16. The van der Waals surface area contributed by atoms with E-state index >= 15 is 0 Å². The first-order chi connectivity index (χ1) is 11.1. The summed E-state index contributed by atoms with van der Waals surface area (Å²) in [6.07, 6.45) is 3.29. The maximum atomic E-state index is 9.53. The number of phenolic OH excluding ortho intramolecular Hbond substituents is 1. The van der Waals surface area contributed by atoms with Crippen molar-refractivity contribution in [3.63, 3.8) is 0 Å². The van der Waals surface area contributed by atoms with Gasteiger partial charge < -0.3 is 16.2 Å². The van der Waals surface area contributed by atoms with Crippen LogP contribution >= 0.6 is 0 Å². The summed E-state index contributed by atoms with van der Waals surface area (Å²) >= 11 is 0. The van der Waals surface area contributed by atoms with Crippen LogP contribution < -0.4 is 11.1 Å². The number of aromatic hydroxyl groups is 1. The van der Waals surface area contributed by atoms with Crippen LogP contribution in [0.4, 0.5) is 11.4 Å². The van der Waals surface area contributed by atoms with E-state index in [9.17, 15) is 5.11 Å². The summed E-state index contributed by atoms with van der Waals surface area (Å²) in [6, 6.07) is 16.2. The van der Waals surface area contributed by atoms with Crippen LogP contribution in [-0.4, -0.2) is 16.5 Å². The van der Waals surface area contributed by atoms with Gasteiger partial charge in [-0.1, -0.05) is 24.3 Å². The fourth-order valence-corrected chi connectivity index (χ4v) is 2.19. The summed E-state index contributed by atoms with van der Waals surface area (Å²) in [7, 11) is 0. The molecule has 0 amide bonds. The molecule has 0 aliphatic heterocycles. The van der Waals surface area contributed by atoms with Crippen LogP contribution in [-0.2, 0) is 0 Å². The minimum Gasteiger partial charge on any atom is -0.508 e. The number of para-hydroxylation sites is 1. The van der Waals surface area contributed by atoms with Crippen molar-refractivity contribution in [3.8, 4) is 5.75 Å². The Morgan fingerprint density at radius 3 is 2.52 bits per heavy atom. The summed E-state index contributed by atoms with van der Waals surface area (Å²) in [5.41, 5.74) is 9.32. The Balaban J connectivity index is 1.92. The van der Waals surface area contributed by atoms with E-state index in [0.717, 1.165) is 5.69 Å². The van der Waals surface area contributed by atoms with Crippen LogP contribution in [0.15, 0.2) is 83.1 Å². The minimum atomic E-state index is 0.158. The highest BCUT2D eigenvalue weighted by atomic mass is 16.3. The SMILES string of the molecule is N=C1C=C(N)/C(=N\c2ccccc2)C=C1Nc1cccc(O)c1. The Bertz CT molecular complexity index is 835. The first-order valence-corrected chi connectivity index (χ1v) is 7.10. The summed E-state index contributed by atoms with van der Waals surface area (Å²) < 4.78 is 0. The number of benzene rings is 2. The molecule has 0 heterocycles. The second kappa shape index (κ2) is 6.19. The van der Waals surface area contributed by atoms with Crippen LogP contribution in [0.5, 0.6) is 5.75 Å². The minimum absolute atomic E-state index is 0.158. The molecular formula is C18H16N4O. The predicted octanol–water partition coefficient (Wildman–Crippen LogP) is 3.34. The normalized spacial score (nSPS) is 16.0. The molecule has 0 atom stereocenters. The Morgan fingerprint density at radius 2 is 1.78 bits per heavy atom. The van der Waals surface area contributed by atoms with E-state index in [1.807, 2.05) is 36.4 Å². The van der Waals surface area contributed by atoms with Crippen molar-refractivity contribution in [2.24, 2.45) is 10.7 Å². The number of anilines is 1. The summed E-state index contributed by atoms with van der Waals surface area (Å²) in [4.78, 5) is 4.50. The molecule has 1 aliphatic rings. The van der Waals surface area contributed by atoms with Crippen LogP contribution in [0.1, 0.15) is 0 Å². The Morgan fingerprint density at radius 1 is 1.00 bits per heavy atom. The maximum Gasteiger partial charge on any atom is 0.117 e. The second-order valence-corrected chi connectivity index (χ2v) is 5.08.